The molecule has 0 saturated heterocycles. The molecule has 0 heterocycles. The van der Waals surface area contributed by atoms with Crippen LogP contribution in [0.15, 0.2) is 55.6 Å². The van der Waals surface area contributed by atoms with E-state index in [1.54, 1.807) is 0 Å². The van der Waals surface area contributed by atoms with Crippen LogP contribution in [0, 0.1) is 0 Å². The molecule has 0 spiro atoms. The van der Waals surface area contributed by atoms with Crippen LogP contribution >= 0.6 is 0 Å². The Morgan fingerprint density at radius 3 is 1.42 bits per heavy atom. The second-order valence-corrected chi connectivity index (χ2v) is 3.68. The van der Waals surface area contributed by atoms with Crippen LogP contribution in [0.25, 0.3) is 12.2 Å². The SMILES string of the molecule is C=Cc1ccccc1C=C.Oc1cccc(O)c1O. The largest absolute Gasteiger partial charge is 0.504 e. The molecular weight excluding hydrogens is 240 g/mol. The van der Waals surface area contributed by atoms with Gasteiger partial charge in [0, 0.05) is 0 Å². The summed E-state index contributed by atoms with van der Waals surface area (Å²) in [5.74, 6) is -1.09. The Morgan fingerprint density at radius 1 is 0.684 bits per heavy atom. The number of rotatable bonds is 2. The van der Waals surface area contributed by atoms with Crippen LogP contribution < -0.4 is 0 Å². The third-order valence-electron chi connectivity index (χ3n) is 2.43. The van der Waals surface area contributed by atoms with E-state index in [1.165, 1.54) is 18.2 Å². The van der Waals surface area contributed by atoms with Crippen molar-refractivity contribution in [2.75, 3.05) is 0 Å². The van der Waals surface area contributed by atoms with Gasteiger partial charge in [0.1, 0.15) is 0 Å². The Hall–Kier alpha value is -2.68. The van der Waals surface area contributed by atoms with Crippen molar-refractivity contribution in [1.82, 2.24) is 0 Å². The summed E-state index contributed by atoms with van der Waals surface area (Å²) in [6.07, 6.45) is 3.66. The van der Waals surface area contributed by atoms with E-state index in [2.05, 4.69) is 13.2 Å². The lowest BCUT2D eigenvalue weighted by molar-refractivity contribution is 0.368. The Morgan fingerprint density at radius 2 is 1.11 bits per heavy atom. The number of hydrogen-bond acceptors (Lipinski definition) is 3. The van der Waals surface area contributed by atoms with Crippen LogP contribution in [0.5, 0.6) is 17.2 Å². The van der Waals surface area contributed by atoms with Gasteiger partial charge in [0.15, 0.2) is 17.2 Å². The predicted molar refractivity (Wildman–Crippen MR) is 78.1 cm³/mol. The smallest absolute Gasteiger partial charge is 0.200 e. The van der Waals surface area contributed by atoms with Gasteiger partial charge in [-0.25, -0.2) is 0 Å². The van der Waals surface area contributed by atoms with Gasteiger partial charge in [0.25, 0.3) is 0 Å². The van der Waals surface area contributed by atoms with E-state index < -0.39 is 5.75 Å². The molecule has 0 bridgehead atoms. The van der Waals surface area contributed by atoms with Gasteiger partial charge in [-0.2, -0.15) is 0 Å². The Labute approximate surface area is 112 Å². The van der Waals surface area contributed by atoms with Crippen molar-refractivity contribution in [1.29, 1.82) is 0 Å². The van der Waals surface area contributed by atoms with Crippen LogP contribution in [-0.2, 0) is 0 Å². The molecule has 0 fully saturated rings. The Bertz CT molecular complexity index is 527. The Balaban J connectivity index is 0.000000191. The predicted octanol–water partition coefficient (Wildman–Crippen LogP) is 3.78. The fraction of sp³-hybridized carbons (Fsp3) is 0. The molecule has 2 aromatic rings. The van der Waals surface area contributed by atoms with Crippen LogP contribution in [0.1, 0.15) is 11.1 Å². The first-order valence-electron chi connectivity index (χ1n) is 5.64. The van der Waals surface area contributed by atoms with E-state index in [-0.39, 0.29) is 11.5 Å². The normalized spacial score (nSPS) is 9.05. The van der Waals surface area contributed by atoms with Gasteiger partial charge in [0.05, 0.1) is 0 Å². The third-order valence-corrected chi connectivity index (χ3v) is 2.43. The summed E-state index contributed by atoms with van der Waals surface area (Å²) >= 11 is 0. The van der Waals surface area contributed by atoms with Gasteiger partial charge in [0.2, 0.25) is 0 Å². The lowest BCUT2D eigenvalue weighted by atomic mass is 10.1. The van der Waals surface area contributed by atoms with E-state index in [0.29, 0.717) is 0 Å². The van der Waals surface area contributed by atoms with E-state index in [1.807, 2.05) is 36.4 Å². The second-order valence-electron chi connectivity index (χ2n) is 3.68. The minimum absolute atomic E-state index is 0.310. The molecule has 19 heavy (non-hydrogen) atoms. The van der Waals surface area contributed by atoms with E-state index in [9.17, 15) is 0 Å². The summed E-state index contributed by atoms with van der Waals surface area (Å²) < 4.78 is 0. The first-order valence-corrected chi connectivity index (χ1v) is 5.64. The first kappa shape index (κ1) is 14.4. The monoisotopic (exact) mass is 256 g/mol. The van der Waals surface area contributed by atoms with Crippen molar-refractivity contribution in [3.05, 3.63) is 66.7 Å². The standard InChI is InChI=1S/C10H10.C6H6O3/c1-3-9-7-5-6-8-10(9)4-2;7-4-2-1-3-5(8)6(4)9/h3-8H,1-2H2;1-3,7-9H. The van der Waals surface area contributed by atoms with Crippen molar-refractivity contribution in [3.63, 3.8) is 0 Å². The molecule has 98 valence electrons. The van der Waals surface area contributed by atoms with E-state index in [4.69, 9.17) is 15.3 Å². The molecule has 0 aliphatic heterocycles. The van der Waals surface area contributed by atoms with Gasteiger partial charge in [-0.05, 0) is 23.3 Å². The lowest BCUT2D eigenvalue weighted by Gasteiger charge is -1.96. The van der Waals surface area contributed by atoms with Gasteiger partial charge in [-0.15, -0.1) is 0 Å². The van der Waals surface area contributed by atoms with Crippen molar-refractivity contribution in [2.24, 2.45) is 0 Å². The molecule has 2 aromatic carbocycles. The molecule has 0 radical (unpaired) electrons. The fourth-order valence-corrected chi connectivity index (χ4v) is 1.40. The molecule has 0 saturated carbocycles. The van der Waals surface area contributed by atoms with Crippen molar-refractivity contribution >= 4 is 12.2 Å². The highest BCUT2D eigenvalue weighted by Crippen LogP contribution is 2.32. The van der Waals surface area contributed by atoms with Crippen LogP contribution in [0.3, 0.4) is 0 Å². The lowest BCUT2D eigenvalue weighted by Crippen LogP contribution is -1.76. The highest BCUT2D eigenvalue weighted by Gasteiger charge is 2.00. The quantitative estimate of drug-likeness (QED) is 0.717. The van der Waals surface area contributed by atoms with Gasteiger partial charge < -0.3 is 15.3 Å². The minimum atomic E-state index is -0.475. The van der Waals surface area contributed by atoms with Crippen molar-refractivity contribution in [2.45, 2.75) is 0 Å². The summed E-state index contributed by atoms with van der Waals surface area (Å²) in [7, 11) is 0. The summed E-state index contributed by atoms with van der Waals surface area (Å²) in [5.41, 5.74) is 2.27. The summed E-state index contributed by atoms with van der Waals surface area (Å²) in [4.78, 5) is 0. The van der Waals surface area contributed by atoms with Crippen LogP contribution in [-0.4, -0.2) is 15.3 Å². The average molecular weight is 256 g/mol. The van der Waals surface area contributed by atoms with Gasteiger partial charge in [-0.1, -0.05) is 55.6 Å². The minimum Gasteiger partial charge on any atom is -0.504 e. The maximum atomic E-state index is 8.71. The molecule has 0 atom stereocenters. The molecule has 0 aliphatic carbocycles. The number of phenols is 3. The summed E-state index contributed by atoms with van der Waals surface area (Å²) in [5, 5.41) is 26.1. The summed E-state index contributed by atoms with van der Waals surface area (Å²) in [6, 6.07) is 12.0. The van der Waals surface area contributed by atoms with Gasteiger partial charge >= 0.3 is 0 Å². The van der Waals surface area contributed by atoms with E-state index in [0.717, 1.165) is 11.1 Å². The highest BCUT2D eigenvalue weighted by molar-refractivity contribution is 5.63. The van der Waals surface area contributed by atoms with Gasteiger partial charge in [-0.3, -0.25) is 0 Å². The van der Waals surface area contributed by atoms with Crippen LogP contribution in [0.2, 0.25) is 0 Å². The molecule has 0 unspecified atom stereocenters. The Kier molecular flexibility index (Phi) is 5.23. The zero-order chi connectivity index (χ0) is 14.3. The fourth-order valence-electron chi connectivity index (χ4n) is 1.40. The number of benzene rings is 2. The third kappa shape index (κ3) is 3.92. The highest BCUT2D eigenvalue weighted by atomic mass is 16.3. The number of hydrogen-bond donors (Lipinski definition) is 3. The molecule has 0 aliphatic rings. The number of para-hydroxylation sites is 1. The second kappa shape index (κ2) is 6.91. The average Bonchev–Trinajstić information content (AvgIpc) is 2.45. The molecule has 3 heteroatoms. The molecule has 0 aromatic heterocycles. The summed E-state index contributed by atoms with van der Waals surface area (Å²) in [6.45, 7) is 7.38. The van der Waals surface area contributed by atoms with Crippen molar-refractivity contribution in [3.8, 4) is 17.2 Å². The van der Waals surface area contributed by atoms with E-state index >= 15 is 0 Å². The molecule has 3 nitrogen and oxygen atoms in total. The maximum absolute atomic E-state index is 8.71. The van der Waals surface area contributed by atoms with Crippen LogP contribution in [0.4, 0.5) is 0 Å². The topological polar surface area (TPSA) is 60.7 Å². The molecule has 3 N–H and O–H groups in total. The van der Waals surface area contributed by atoms with Crippen molar-refractivity contribution < 1.29 is 15.3 Å². The number of phenolic OH excluding ortho intramolecular Hbond substituents is 3. The molecular formula is C16H16O3. The number of aromatic hydroxyl groups is 3. The zero-order valence-electron chi connectivity index (χ0n) is 10.5. The molecule has 0 amide bonds. The first-order chi connectivity index (χ1) is 9.10. The maximum Gasteiger partial charge on any atom is 0.200 e. The molecule has 2 rings (SSSR count). The zero-order valence-corrected chi connectivity index (χ0v) is 10.5.